The molecule has 0 atom stereocenters. The van der Waals surface area contributed by atoms with Gasteiger partial charge in [-0.05, 0) is 31.2 Å². The molecule has 2 aromatic rings. The molecule has 2 nitrogen and oxygen atoms in total. The zero-order valence-electron chi connectivity index (χ0n) is 9.44. The van der Waals surface area contributed by atoms with Crippen LogP contribution in [0.1, 0.15) is 5.69 Å². The number of thiazole rings is 1. The fourth-order valence-corrected chi connectivity index (χ4v) is 3.34. The van der Waals surface area contributed by atoms with E-state index in [4.69, 9.17) is 0 Å². The monoisotopic (exact) mass is 328 g/mol. The van der Waals surface area contributed by atoms with Gasteiger partial charge in [0.05, 0.1) is 0 Å². The Kier molecular flexibility index (Phi) is 4.88. The average Bonchev–Trinajstić information content (AvgIpc) is 2.73. The fourth-order valence-electron chi connectivity index (χ4n) is 1.30. The van der Waals surface area contributed by atoms with E-state index in [-0.39, 0.29) is 0 Å². The molecular formula is C12H13BrN2S2. The van der Waals surface area contributed by atoms with Crippen molar-refractivity contribution in [1.82, 2.24) is 4.98 Å². The average molecular weight is 329 g/mol. The van der Waals surface area contributed by atoms with E-state index in [1.807, 2.05) is 19.1 Å². The van der Waals surface area contributed by atoms with Crippen molar-refractivity contribution in [1.29, 1.82) is 0 Å². The van der Waals surface area contributed by atoms with Crippen LogP contribution in [0.4, 0.5) is 5.69 Å². The Morgan fingerprint density at radius 2 is 2.12 bits per heavy atom. The molecule has 5 heteroatoms. The van der Waals surface area contributed by atoms with Crippen molar-refractivity contribution in [2.75, 3.05) is 17.6 Å². The third-order valence-corrected chi connectivity index (χ3v) is 4.77. The molecule has 0 aliphatic carbocycles. The molecule has 1 aromatic heterocycles. The third-order valence-electron chi connectivity index (χ3n) is 2.10. The molecule has 0 unspecified atom stereocenters. The lowest BCUT2D eigenvalue weighted by Crippen LogP contribution is -2.03. The maximum absolute atomic E-state index is 4.41. The molecular weight excluding hydrogens is 316 g/mol. The van der Waals surface area contributed by atoms with Crippen LogP contribution in [-0.4, -0.2) is 17.3 Å². The van der Waals surface area contributed by atoms with E-state index < -0.39 is 0 Å². The highest BCUT2D eigenvalue weighted by molar-refractivity contribution is 9.10. The SMILES string of the molecule is Cc1csc(SCCNc2ccc(Br)cc2)n1. The van der Waals surface area contributed by atoms with Crippen molar-refractivity contribution in [3.8, 4) is 0 Å². The first-order valence-electron chi connectivity index (χ1n) is 5.28. The Hall–Kier alpha value is -0.520. The predicted octanol–water partition coefficient (Wildman–Crippen LogP) is 4.42. The summed E-state index contributed by atoms with van der Waals surface area (Å²) in [6, 6.07) is 8.23. The number of anilines is 1. The molecule has 0 aliphatic rings. The Balaban J connectivity index is 1.71. The summed E-state index contributed by atoms with van der Waals surface area (Å²) < 4.78 is 2.26. The number of halogens is 1. The second-order valence-electron chi connectivity index (χ2n) is 3.54. The van der Waals surface area contributed by atoms with E-state index in [1.165, 1.54) is 0 Å². The maximum atomic E-state index is 4.41. The highest BCUT2D eigenvalue weighted by Crippen LogP contribution is 2.22. The highest BCUT2D eigenvalue weighted by Gasteiger charge is 1.98. The van der Waals surface area contributed by atoms with Gasteiger partial charge in [0.2, 0.25) is 0 Å². The zero-order valence-corrected chi connectivity index (χ0v) is 12.7. The van der Waals surface area contributed by atoms with E-state index in [2.05, 4.69) is 43.7 Å². The van der Waals surface area contributed by atoms with Crippen LogP contribution in [0.15, 0.2) is 38.5 Å². The second-order valence-corrected chi connectivity index (χ2v) is 6.65. The summed E-state index contributed by atoms with van der Waals surface area (Å²) in [6.45, 7) is 2.98. The van der Waals surface area contributed by atoms with E-state index in [0.29, 0.717) is 0 Å². The van der Waals surface area contributed by atoms with Crippen molar-refractivity contribution in [2.45, 2.75) is 11.3 Å². The van der Waals surface area contributed by atoms with Crippen LogP contribution in [0.2, 0.25) is 0 Å². The Bertz CT molecular complexity index is 468. The normalized spacial score (nSPS) is 10.5. The standard InChI is InChI=1S/C12H13BrN2S2/c1-9-8-17-12(15-9)16-7-6-14-11-4-2-10(13)3-5-11/h2-5,8,14H,6-7H2,1H3. The quantitative estimate of drug-likeness (QED) is 0.649. The number of aryl methyl sites for hydroxylation is 1. The van der Waals surface area contributed by atoms with E-state index >= 15 is 0 Å². The molecule has 0 radical (unpaired) electrons. The first-order valence-corrected chi connectivity index (χ1v) is 7.94. The van der Waals surface area contributed by atoms with Gasteiger partial charge in [-0.15, -0.1) is 11.3 Å². The lowest BCUT2D eigenvalue weighted by Gasteiger charge is -2.05. The number of aromatic nitrogens is 1. The molecule has 0 bridgehead atoms. The molecule has 0 saturated heterocycles. The Morgan fingerprint density at radius 3 is 2.76 bits per heavy atom. The fraction of sp³-hybridized carbons (Fsp3) is 0.250. The maximum Gasteiger partial charge on any atom is 0.150 e. The van der Waals surface area contributed by atoms with Crippen LogP contribution < -0.4 is 5.32 Å². The Morgan fingerprint density at radius 1 is 1.35 bits per heavy atom. The van der Waals surface area contributed by atoms with Crippen molar-refractivity contribution < 1.29 is 0 Å². The topological polar surface area (TPSA) is 24.9 Å². The van der Waals surface area contributed by atoms with Crippen LogP contribution in [0.25, 0.3) is 0 Å². The molecule has 1 heterocycles. The summed E-state index contributed by atoms with van der Waals surface area (Å²) >= 11 is 6.94. The molecule has 17 heavy (non-hydrogen) atoms. The number of thioether (sulfide) groups is 1. The van der Waals surface area contributed by atoms with Gasteiger partial charge in [0.15, 0.2) is 0 Å². The van der Waals surface area contributed by atoms with Gasteiger partial charge in [-0.3, -0.25) is 0 Å². The molecule has 0 fully saturated rings. The first kappa shape index (κ1) is 12.9. The number of nitrogens with zero attached hydrogens (tertiary/aromatic N) is 1. The zero-order chi connectivity index (χ0) is 12.1. The van der Waals surface area contributed by atoms with Crippen molar-refractivity contribution in [2.24, 2.45) is 0 Å². The van der Waals surface area contributed by atoms with Gasteiger partial charge in [0.25, 0.3) is 0 Å². The van der Waals surface area contributed by atoms with E-state index in [9.17, 15) is 0 Å². The minimum atomic E-state index is 0.949. The molecule has 0 spiro atoms. The largest absolute Gasteiger partial charge is 0.384 e. The van der Waals surface area contributed by atoms with E-state index in [1.54, 1.807) is 23.1 Å². The van der Waals surface area contributed by atoms with Gasteiger partial charge in [-0.25, -0.2) is 4.98 Å². The minimum Gasteiger partial charge on any atom is -0.384 e. The van der Waals surface area contributed by atoms with Crippen molar-refractivity contribution in [3.05, 3.63) is 39.8 Å². The van der Waals surface area contributed by atoms with Gasteiger partial charge < -0.3 is 5.32 Å². The van der Waals surface area contributed by atoms with Gasteiger partial charge >= 0.3 is 0 Å². The first-order chi connectivity index (χ1) is 8.24. The smallest absolute Gasteiger partial charge is 0.150 e. The lowest BCUT2D eigenvalue weighted by atomic mass is 10.3. The molecule has 0 amide bonds. The molecule has 0 aliphatic heterocycles. The second kappa shape index (κ2) is 6.42. The van der Waals surface area contributed by atoms with Crippen LogP contribution in [-0.2, 0) is 0 Å². The van der Waals surface area contributed by atoms with Crippen LogP contribution in [0.3, 0.4) is 0 Å². The molecule has 0 saturated carbocycles. The number of hydrogen-bond donors (Lipinski definition) is 1. The number of benzene rings is 1. The van der Waals surface area contributed by atoms with Gasteiger partial charge in [0.1, 0.15) is 4.34 Å². The van der Waals surface area contributed by atoms with Gasteiger partial charge in [-0.1, -0.05) is 27.7 Å². The summed E-state index contributed by atoms with van der Waals surface area (Å²) in [4.78, 5) is 4.41. The molecule has 90 valence electrons. The van der Waals surface area contributed by atoms with Crippen molar-refractivity contribution >= 4 is 44.7 Å². The van der Waals surface area contributed by atoms with Crippen molar-refractivity contribution in [3.63, 3.8) is 0 Å². The summed E-state index contributed by atoms with van der Waals surface area (Å²) in [5, 5.41) is 5.47. The number of nitrogens with one attached hydrogen (secondary N) is 1. The molecule has 1 aromatic carbocycles. The number of hydrogen-bond acceptors (Lipinski definition) is 4. The number of rotatable bonds is 5. The van der Waals surface area contributed by atoms with Crippen LogP contribution in [0.5, 0.6) is 0 Å². The van der Waals surface area contributed by atoms with Crippen LogP contribution in [0, 0.1) is 6.92 Å². The van der Waals surface area contributed by atoms with Gasteiger partial charge in [-0.2, -0.15) is 0 Å². The predicted molar refractivity (Wildman–Crippen MR) is 80.2 cm³/mol. The molecule has 2 rings (SSSR count). The summed E-state index contributed by atoms with van der Waals surface area (Å²) in [5.74, 6) is 1.03. The Labute approximate surface area is 118 Å². The third kappa shape index (κ3) is 4.33. The highest BCUT2D eigenvalue weighted by atomic mass is 79.9. The summed E-state index contributed by atoms with van der Waals surface area (Å²) in [5.41, 5.74) is 2.27. The van der Waals surface area contributed by atoms with Gasteiger partial charge in [0, 0.05) is 33.5 Å². The van der Waals surface area contributed by atoms with E-state index in [0.717, 1.165) is 32.5 Å². The lowest BCUT2D eigenvalue weighted by molar-refractivity contribution is 1.15. The van der Waals surface area contributed by atoms with Crippen LogP contribution >= 0.6 is 39.0 Å². The minimum absolute atomic E-state index is 0.949. The molecule has 1 N–H and O–H groups in total. The summed E-state index contributed by atoms with van der Waals surface area (Å²) in [6.07, 6.45) is 0. The summed E-state index contributed by atoms with van der Waals surface area (Å²) in [7, 11) is 0.